The fourth-order valence-corrected chi connectivity index (χ4v) is 1.96. The Kier molecular flexibility index (Phi) is 4.04. The minimum atomic E-state index is 0.159. The molecule has 0 aliphatic carbocycles. The number of nitrogens with one attached hydrogen (secondary N) is 1. The van der Waals surface area contributed by atoms with E-state index in [4.69, 9.17) is 11.6 Å². The van der Waals surface area contributed by atoms with Gasteiger partial charge in [-0.15, -0.1) is 0 Å². The molecule has 0 atom stereocenters. The minimum absolute atomic E-state index is 0.159. The Bertz CT molecular complexity index is 526. The van der Waals surface area contributed by atoms with Crippen LogP contribution in [0.2, 0.25) is 5.15 Å². The van der Waals surface area contributed by atoms with Gasteiger partial charge in [0.05, 0.1) is 12.2 Å². The third-order valence-electron chi connectivity index (χ3n) is 2.34. The van der Waals surface area contributed by atoms with Gasteiger partial charge in [-0.25, -0.2) is 4.98 Å². The highest BCUT2D eigenvalue weighted by Gasteiger charge is 2.06. The van der Waals surface area contributed by atoms with Crippen molar-refractivity contribution in [1.82, 2.24) is 9.97 Å². The molecule has 0 aliphatic rings. The number of halogens is 2. The van der Waals surface area contributed by atoms with Gasteiger partial charge in [0, 0.05) is 16.4 Å². The van der Waals surface area contributed by atoms with Gasteiger partial charge in [-0.1, -0.05) is 11.6 Å². The number of aryl methyl sites for hydroxylation is 1. The molecule has 0 amide bonds. The van der Waals surface area contributed by atoms with Gasteiger partial charge in [0.25, 0.3) is 0 Å². The molecule has 2 N–H and O–H groups in total. The second-order valence-corrected chi connectivity index (χ2v) is 5.04. The third-order valence-corrected chi connectivity index (χ3v) is 3.08. The number of hydrogen-bond donors (Lipinski definition) is 2. The second-order valence-electron chi connectivity index (χ2n) is 3.76. The van der Waals surface area contributed by atoms with Crippen LogP contribution in [-0.4, -0.2) is 15.1 Å². The van der Waals surface area contributed by atoms with Gasteiger partial charge >= 0.3 is 0 Å². The Morgan fingerprint density at radius 2 is 2.22 bits per heavy atom. The van der Waals surface area contributed by atoms with Crippen LogP contribution in [0.3, 0.4) is 0 Å². The lowest BCUT2D eigenvalue weighted by atomic mass is 10.3. The zero-order valence-electron chi connectivity index (χ0n) is 9.61. The molecule has 0 spiro atoms. The second kappa shape index (κ2) is 5.54. The first-order valence-corrected chi connectivity index (χ1v) is 6.44. The number of nitrogens with zero attached hydrogens (tertiary/aromatic N) is 2. The summed E-state index contributed by atoms with van der Waals surface area (Å²) >= 11 is 9.28. The molecule has 0 saturated carbocycles. The lowest BCUT2D eigenvalue weighted by Crippen LogP contribution is -2.03. The van der Waals surface area contributed by atoms with Gasteiger partial charge < -0.3 is 10.4 Å². The molecule has 2 heterocycles. The van der Waals surface area contributed by atoms with Crippen LogP contribution in [0, 0.1) is 6.92 Å². The summed E-state index contributed by atoms with van der Waals surface area (Å²) in [6.45, 7) is 2.25. The van der Waals surface area contributed by atoms with Crippen molar-refractivity contribution in [3.8, 4) is 5.75 Å². The average molecular weight is 329 g/mol. The lowest BCUT2D eigenvalue weighted by molar-refractivity contribution is 0.464. The zero-order valence-corrected chi connectivity index (χ0v) is 12.0. The van der Waals surface area contributed by atoms with Crippen molar-refractivity contribution >= 4 is 33.2 Å². The molecular formula is C12H11BrClN3O. The summed E-state index contributed by atoms with van der Waals surface area (Å²) in [7, 11) is 0. The Balaban J connectivity index is 2.16. The maximum Gasteiger partial charge on any atom is 0.152 e. The quantitative estimate of drug-likeness (QED) is 0.846. The van der Waals surface area contributed by atoms with Gasteiger partial charge in [0.1, 0.15) is 11.4 Å². The van der Waals surface area contributed by atoms with E-state index in [0.29, 0.717) is 23.1 Å². The summed E-state index contributed by atoms with van der Waals surface area (Å²) in [5, 5.41) is 13.1. The number of rotatable bonds is 3. The Hall–Kier alpha value is -1.33. The van der Waals surface area contributed by atoms with E-state index in [1.165, 1.54) is 0 Å². The monoisotopic (exact) mass is 327 g/mol. The van der Waals surface area contributed by atoms with E-state index in [-0.39, 0.29) is 5.75 Å². The van der Waals surface area contributed by atoms with Gasteiger partial charge in [0.15, 0.2) is 5.15 Å². The molecule has 0 bridgehead atoms. The third kappa shape index (κ3) is 3.11. The van der Waals surface area contributed by atoms with Crippen LogP contribution in [0.5, 0.6) is 5.75 Å². The van der Waals surface area contributed by atoms with E-state index in [1.807, 2.05) is 13.0 Å². The molecule has 0 saturated heterocycles. The van der Waals surface area contributed by atoms with Gasteiger partial charge in [-0.2, -0.15) is 0 Å². The molecular weight excluding hydrogens is 318 g/mol. The van der Waals surface area contributed by atoms with Gasteiger partial charge in [0.2, 0.25) is 0 Å². The maximum atomic E-state index is 9.68. The van der Waals surface area contributed by atoms with Gasteiger partial charge in [-0.3, -0.25) is 4.98 Å². The Labute approximate surface area is 118 Å². The summed E-state index contributed by atoms with van der Waals surface area (Å²) in [5.74, 6) is 0.159. The summed E-state index contributed by atoms with van der Waals surface area (Å²) in [6, 6.07) is 5.20. The molecule has 0 aliphatic heterocycles. The smallest absolute Gasteiger partial charge is 0.152 e. The SMILES string of the molecule is Cc1ccc(O)c(CNc2cc(Br)cnc2Cl)n1. The fraction of sp³-hybridized carbons (Fsp3) is 0.167. The van der Waals surface area contributed by atoms with Crippen LogP contribution in [0.1, 0.15) is 11.4 Å². The summed E-state index contributed by atoms with van der Waals surface area (Å²) in [6.07, 6.45) is 1.62. The zero-order chi connectivity index (χ0) is 13.1. The van der Waals surface area contributed by atoms with Crippen molar-refractivity contribution in [3.63, 3.8) is 0 Å². The van der Waals surface area contributed by atoms with Crippen molar-refractivity contribution in [2.24, 2.45) is 0 Å². The largest absolute Gasteiger partial charge is 0.506 e. The van der Waals surface area contributed by atoms with Crippen LogP contribution in [0.25, 0.3) is 0 Å². The molecule has 2 aromatic rings. The van der Waals surface area contributed by atoms with Crippen LogP contribution in [0.4, 0.5) is 5.69 Å². The number of anilines is 1. The molecule has 6 heteroatoms. The number of hydrogen-bond acceptors (Lipinski definition) is 4. The number of aromatic nitrogens is 2. The summed E-state index contributed by atoms with van der Waals surface area (Å²) in [4.78, 5) is 8.26. The van der Waals surface area contributed by atoms with Crippen LogP contribution >= 0.6 is 27.5 Å². The molecule has 0 unspecified atom stereocenters. The Morgan fingerprint density at radius 1 is 1.44 bits per heavy atom. The van der Waals surface area contributed by atoms with Crippen LogP contribution < -0.4 is 5.32 Å². The first-order chi connectivity index (χ1) is 8.56. The average Bonchev–Trinajstić information content (AvgIpc) is 2.34. The highest BCUT2D eigenvalue weighted by Crippen LogP contribution is 2.24. The van der Waals surface area contributed by atoms with E-state index in [2.05, 4.69) is 31.2 Å². The molecule has 0 aromatic carbocycles. The molecule has 94 valence electrons. The van der Waals surface area contributed by atoms with E-state index in [9.17, 15) is 5.11 Å². The van der Waals surface area contributed by atoms with E-state index >= 15 is 0 Å². The standard InChI is InChI=1S/C12H11BrClN3O/c1-7-2-3-11(18)10(17-7)6-15-9-4-8(13)5-16-12(9)14/h2-5,15,18H,6H2,1H3. The molecule has 0 radical (unpaired) electrons. The summed E-state index contributed by atoms with van der Waals surface area (Å²) in [5.41, 5.74) is 2.11. The number of pyridine rings is 2. The van der Waals surface area contributed by atoms with Crippen LogP contribution in [-0.2, 0) is 6.54 Å². The first-order valence-electron chi connectivity index (χ1n) is 5.26. The number of aromatic hydroxyl groups is 1. The van der Waals surface area contributed by atoms with E-state index < -0.39 is 0 Å². The fourth-order valence-electron chi connectivity index (χ4n) is 1.46. The molecule has 4 nitrogen and oxygen atoms in total. The minimum Gasteiger partial charge on any atom is -0.506 e. The highest BCUT2D eigenvalue weighted by atomic mass is 79.9. The normalized spacial score (nSPS) is 10.4. The van der Waals surface area contributed by atoms with E-state index in [0.717, 1.165) is 10.2 Å². The van der Waals surface area contributed by atoms with Crippen molar-refractivity contribution in [2.45, 2.75) is 13.5 Å². The van der Waals surface area contributed by atoms with Crippen LogP contribution in [0.15, 0.2) is 28.9 Å². The van der Waals surface area contributed by atoms with Crippen molar-refractivity contribution in [3.05, 3.63) is 45.4 Å². The maximum absolute atomic E-state index is 9.68. The molecule has 18 heavy (non-hydrogen) atoms. The Morgan fingerprint density at radius 3 is 3.00 bits per heavy atom. The van der Waals surface area contributed by atoms with Crippen molar-refractivity contribution in [1.29, 1.82) is 0 Å². The first kappa shape index (κ1) is 13.1. The summed E-state index contributed by atoms with van der Waals surface area (Å²) < 4.78 is 0.829. The van der Waals surface area contributed by atoms with E-state index in [1.54, 1.807) is 18.3 Å². The molecule has 2 aromatic heterocycles. The molecule has 0 fully saturated rings. The molecule has 2 rings (SSSR count). The van der Waals surface area contributed by atoms with Crippen molar-refractivity contribution < 1.29 is 5.11 Å². The van der Waals surface area contributed by atoms with Crippen molar-refractivity contribution in [2.75, 3.05) is 5.32 Å². The highest BCUT2D eigenvalue weighted by molar-refractivity contribution is 9.10. The predicted molar refractivity (Wildman–Crippen MR) is 74.9 cm³/mol. The topological polar surface area (TPSA) is 58.0 Å². The van der Waals surface area contributed by atoms with Gasteiger partial charge in [-0.05, 0) is 41.1 Å². The predicted octanol–water partition coefficient (Wildman–Crippen LogP) is 3.52. The lowest BCUT2D eigenvalue weighted by Gasteiger charge is -2.09.